The molecule has 0 saturated carbocycles. The van der Waals surface area contributed by atoms with Crippen molar-refractivity contribution < 1.29 is 18.3 Å². The summed E-state index contributed by atoms with van der Waals surface area (Å²) in [7, 11) is 0. The molecule has 1 fully saturated rings. The summed E-state index contributed by atoms with van der Waals surface area (Å²) in [4.78, 5) is 14.8. The Labute approximate surface area is 140 Å². The van der Waals surface area contributed by atoms with Crippen molar-refractivity contribution in [1.29, 1.82) is 0 Å². The number of furan rings is 1. The van der Waals surface area contributed by atoms with Gasteiger partial charge in [0.25, 0.3) is 5.91 Å². The molecule has 1 aromatic carbocycles. The minimum Gasteiger partial charge on any atom is -0.451 e. The lowest BCUT2D eigenvalue weighted by Crippen LogP contribution is -2.55. The molecule has 0 radical (unpaired) electrons. The van der Waals surface area contributed by atoms with Gasteiger partial charge in [0.05, 0.1) is 13.2 Å². The van der Waals surface area contributed by atoms with Crippen molar-refractivity contribution in [2.75, 3.05) is 32.8 Å². The highest BCUT2D eigenvalue weighted by molar-refractivity contribution is 5.98. The number of aryl methyl sites for hydroxylation is 1. The van der Waals surface area contributed by atoms with Crippen LogP contribution in [0.4, 0.5) is 4.39 Å². The summed E-state index contributed by atoms with van der Waals surface area (Å²) >= 11 is 0. The van der Waals surface area contributed by atoms with Crippen LogP contribution >= 0.6 is 0 Å². The molecule has 2 aromatic rings. The summed E-state index contributed by atoms with van der Waals surface area (Å²) in [5, 5.41) is 3.58. The summed E-state index contributed by atoms with van der Waals surface area (Å²) in [6.45, 7) is 9.60. The fraction of sp³-hybridized carbons (Fsp3) is 0.500. The van der Waals surface area contributed by atoms with Crippen molar-refractivity contribution in [1.82, 2.24) is 10.2 Å². The lowest BCUT2D eigenvalue weighted by Gasteiger charge is -2.40. The van der Waals surface area contributed by atoms with Gasteiger partial charge in [0.2, 0.25) is 0 Å². The zero-order valence-electron chi connectivity index (χ0n) is 14.3. The lowest BCUT2D eigenvalue weighted by molar-refractivity contribution is -0.00929. The molecule has 2 heterocycles. The first-order chi connectivity index (χ1) is 11.4. The summed E-state index contributed by atoms with van der Waals surface area (Å²) in [5.74, 6) is -0.370. The number of ether oxygens (including phenoxy) is 1. The van der Waals surface area contributed by atoms with Gasteiger partial charge >= 0.3 is 0 Å². The molecule has 0 spiro atoms. The lowest BCUT2D eigenvalue weighted by atomic mass is 10.0. The standard InChI is InChI=1S/C18H23FN2O3/c1-12-14-10-13(19)4-5-15(14)24-16(12)17(22)20-11-18(2,3)21-6-8-23-9-7-21/h4-5,10H,6-9,11H2,1-3H3,(H,20,22). The van der Waals surface area contributed by atoms with Crippen molar-refractivity contribution in [3.05, 3.63) is 35.3 Å². The minimum absolute atomic E-state index is 0.175. The maximum Gasteiger partial charge on any atom is 0.287 e. The summed E-state index contributed by atoms with van der Waals surface area (Å²) in [5.41, 5.74) is 1.00. The van der Waals surface area contributed by atoms with E-state index in [1.807, 2.05) is 0 Å². The smallest absolute Gasteiger partial charge is 0.287 e. The maximum atomic E-state index is 13.4. The third-order valence-corrected chi connectivity index (χ3v) is 4.65. The number of carbonyl (C=O) groups is 1. The number of rotatable bonds is 4. The normalized spacial score (nSPS) is 16.5. The van der Waals surface area contributed by atoms with Crippen LogP contribution in [0.1, 0.15) is 30.0 Å². The number of carbonyl (C=O) groups excluding carboxylic acids is 1. The highest BCUT2D eigenvalue weighted by atomic mass is 19.1. The Morgan fingerprint density at radius 2 is 2.04 bits per heavy atom. The van der Waals surface area contributed by atoms with Gasteiger partial charge in [0.15, 0.2) is 5.76 Å². The number of halogens is 1. The van der Waals surface area contributed by atoms with Gasteiger partial charge in [-0.05, 0) is 39.0 Å². The van der Waals surface area contributed by atoms with Crippen molar-refractivity contribution in [2.24, 2.45) is 0 Å². The van der Waals surface area contributed by atoms with E-state index in [2.05, 4.69) is 24.1 Å². The first-order valence-electron chi connectivity index (χ1n) is 8.18. The van der Waals surface area contributed by atoms with E-state index in [-0.39, 0.29) is 23.0 Å². The van der Waals surface area contributed by atoms with Crippen molar-refractivity contribution in [2.45, 2.75) is 26.3 Å². The van der Waals surface area contributed by atoms with Crippen molar-refractivity contribution in [3.63, 3.8) is 0 Å². The Bertz CT molecular complexity index is 748. The number of hydrogen-bond acceptors (Lipinski definition) is 4. The SMILES string of the molecule is Cc1c(C(=O)NCC(C)(C)N2CCOCC2)oc2ccc(F)cc12. The molecular formula is C18H23FN2O3. The van der Waals surface area contributed by atoms with Gasteiger partial charge in [-0.1, -0.05) is 0 Å². The van der Waals surface area contributed by atoms with E-state index in [1.54, 1.807) is 13.0 Å². The molecule has 6 heteroatoms. The molecule has 0 atom stereocenters. The number of nitrogens with zero attached hydrogens (tertiary/aromatic N) is 1. The van der Waals surface area contributed by atoms with Crippen LogP contribution in [-0.2, 0) is 4.74 Å². The summed E-state index contributed by atoms with van der Waals surface area (Å²) in [6, 6.07) is 4.27. The Balaban J connectivity index is 1.72. The fourth-order valence-corrected chi connectivity index (χ4v) is 3.07. The Morgan fingerprint density at radius 3 is 2.75 bits per heavy atom. The molecule has 1 aliphatic heterocycles. The molecule has 1 aromatic heterocycles. The number of benzene rings is 1. The summed E-state index contributed by atoms with van der Waals surface area (Å²) < 4.78 is 24.4. The zero-order chi connectivity index (χ0) is 17.3. The molecule has 130 valence electrons. The van der Waals surface area contributed by atoms with Gasteiger partial charge in [-0.25, -0.2) is 4.39 Å². The largest absolute Gasteiger partial charge is 0.451 e. The second-order valence-electron chi connectivity index (χ2n) is 6.79. The first-order valence-corrected chi connectivity index (χ1v) is 8.18. The second kappa shape index (κ2) is 6.53. The van der Waals surface area contributed by atoms with Crippen LogP contribution in [-0.4, -0.2) is 49.2 Å². The van der Waals surface area contributed by atoms with E-state index in [1.165, 1.54) is 12.1 Å². The van der Waals surface area contributed by atoms with Crippen LogP contribution in [0.2, 0.25) is 0 Å². The van der Waals surface area contributed by atoms with Crippen LogP contribution in [0.15, 0.2) is 22.6 Å². The Kier molecular flexibility index (Phi) is 4.60. The molecule has 0 unspecified atom stereocenters. The van der Waals surface area contributed by atoms with Gasteiger partial charge in [-0.2, -0.15) is 0 Å². The molecule has 0 aliphatic carbocycles. The first kappa shape index (κ1) is 16.9. The number of fused-ring (bicyclic) bond motifs is 1. The second-order valence-corrected chi connectivity index (χ2v) is 6.79. The molecule has 1 aliphatic rings. The van der Waals surface area contributed by atoms with E-state index in [0.29, 0.717) is 36.3 Å². The van der Waals surface area contributed by atoms with E-state index < -0.39 is 0 Å². The quantitative estimate of drug-likeness (QED) is 0.934. The van der Waals surface area contributed by atoms with E-state index in [4.69, 9.17) is 9.15 Å². The van der Waals surface area contributed by atoms with Crippen LogP contribution < -0.4 is 5.32 Å². The maximum absolute atomic E-state index is 13.4. The Hall–Kier alpha value is -1.92. The monoisotopic (exact) mass is 334 g/mol. The average Bonchev–Trinajstić information content (AvgIpc) is 2.90. The van der Waals surface area contributed by atoms with E-state index in [0.717, 1.165) is 13.1 Å². The van der Waals surface area contributed by atoms with Gasteiger partial charge in [-0.15, -0.1) is 0 Å². The average molecular weight is 334 g/mol. The predicted octanol–water partition coefficient (Wildman–Crippen LogP) is 2.72. The van der Waals surface area contributed by atoms with Gasteiger partial charge in [-0.3, -0.25) is 9.69 Å². The molecule has 24 heavy (non-hydrogen) atoms. The van der Waals surface area contributed by atoms with Crippen LogP contribution in [0.5, 0.6) is 0 Å². The number of hydrogen-bond donors (Lipinski definition) is 1. The van der Waals surface area contributed by atoms with Gasteiger partial charge in [0, 0.05) is 36.1 Å². The van der Waals surface area contributed by atoms with E-state index >= 15 is 0 Å². The molecule has 1 N–H and O–H groups in total. The highest BCUT2D eigenvalue weighted by Gasteiger charge is 2.29. The molecule has 1 amide bonds. The number of nitrogens with one attached hydrogen (secondary N) is 1. The summed E-state index contributed by atoms with van der Waals surface area (Å²) in [6.07, 6.45) is 0. The predicted molar refractivity (Wildman–Crippen MR) is 89.7 cm³/mol. The molecule has 1 saturated heterocycles. The van der Waals surface area contributed by atoms with Crippen LogP contribution in [0.25, 0.3) is 11.0 Å². The van der Waals surface area contributed by atoms with Crippen molar-refractivity contribution >= 4 is 16.9 Å². The number of morpholine rings is 1. The van der Waals surface area contributed by atoms with E-state index in [9.17, 15) is 9.18 Å². The molecule has 3 rings (SSSR count). The van der Waals surface area contributed by atoms with Gasteiger partial charge < -0.3 is 14.5 Å². The fourth-order valence-electron chi connectivity index (χ4n) is 3.07. The minimum atomic E-state index is -0.341. The Morgan fingerprint density at radius 1 is 1.33 bits per heavy atom. The zero-order valence-corrected chi connectivity index (χ0v) is 14.3. The molecular weight excluding hydrogens is 311 g/mol. The third kappa shape index (κ3) is 3.30. The topological polar surface area (TPSA) is 54.7 Å². The third-order valence-electron chi connectivity index (χ3n) is 4.65. The molecule has 0 bridgehead atoms. The van der Waals surface area contributed by atoms with Crippen molar-refractivity contribution in [3.8, 4) is 0 Å². The van der Waals surface area contributed by atoms with Crippen LogP contribution in [0, 0.1) is 12.7 Å². The molecule has 5 nitrogen and oxygen atoms in total. The van der Waals surface area contributed by atoms with Crippen LogP contribution in [0.3, 0.4) is 0 Å². The van der Waals surface area contributed by atoms with Gasteiger partial charge in [0.1, 0.15) is 11.4 Å². The number of amides is 1. The highest BCUT2D eigenvalue weighted by Crippen LogP contribution is 2.26.